The van der Waals surface area contributed by atoms with Crippen molar-refractivity contribution in [1.82, 2.24) is 5.32 Å². The Morgan fingerprint density at radius 1 is 1.12 bits per heavy atom. The Bertz CT molecular complexity index is 734. The summed E-state index contributed by atoms with van der Waals surface area (Å²) >= 11 is 6.13. The number of carbonyl (C=O) groups excluding carboxylic acids is 2. The van der Waals surface area contributed by atoms with Crippen LogP contribution in [0.5, 0.6) is 0 Å². The summed E-state index contributed by atoms with van der Waals surface area (Å²) in [6, 6.07) is 14.4. The first-order chi connectivity index (χ1) is 11.5. The molecule has 0 aliphatic carbocycles. The molecule has 2 aromatic rings. The third-order valence-electron chi connectivity index (χ3n) is 3.47. The zero-order valence-corrected chi connectivity index (χ0v) is 14.3. The molecule has 0 radical (unpaired) electrons. The number of hydrogen-bond acceptors (Lipinski definition) is 3. The van der Waals surface area contributed by atoms with Crippen molar-refractivity contribution in [3.05, 3.63) is 64.7 Å². The molecule has 24 heavy (non-hydrogen) atoms. The van der Waals surface area contributed by atoms with Gasteiger partial charge in [-0.2, -0.15) is 0 Å². The minimum atomic E-state index is -0.731. The third kappa shape index (κ3) is 4.81. The van der Waals surface area contributed by atoms with Crippen molar-refractivity contribution in [1.29, 1.82) is 0 Å². The molecular formula is C18H19ClN2O3. The number of hydrogen-bond donors (Lipinski definition) is 2. The predicted molar refractivity (Wildman–Crippen MR) is 94.0 cm³/mol. The summed E-state index contributed by atoms with van der Waals surface area (Å²) in [7, 11) is 1.52. The molecule has 1 atom stereocenters. The molecule has 6 heteroatoms. The number of nitrogens with one attached hydrogen (secondary N) is 2. The van der Waals surface area contributed by atoms with Crippen molar-refractivity contribution >= 4 is 29.1 Å². The lowest BCUT2D eigenvalue weighted by Crippen LogP contribution is -2.38. The average molecular weight is 347 g/mol. The second-order valence-corrected chi connectivity index (χ2v) is 5.69. The first-order valence-corrected chi connectivity index (χ1v) is 7.82. The van der Waals surface area contributed by atoms with Crippen LogP contribution in [0.3, 0.4) is 0 Å². The Hall–Kier alpha value is -2.37. The molecule has 0 heterocycles. The fourth-order valence-electron chi connectivity index (χ4n) is 2.23. The van der Waals surface area contributed by atoms with Gasteiger partial charge in [-0.15, -0.1) is 0 Å². The lowest BCUT2D eigenvalue weighted by Gasteiger charge is -2.17. The summed E-state index contributed by atoms with van der Waals surface area (Å²) in [4.78, 5) is 23.9. The van der Waals surface area contributed by atoms with Crippen LogP contribution in [0.15, 0.2) is 48.5 Å². The van der Waals surface area contributed by atoms with Crippen LogP contribution < -0.4 is 10.6 Å². The van der Waals surface area contributed by atoms with Gasteiger partial charge in [-0.25, -0.2) is 0 Å². The van der Waals surface area contributed by atoms with Crippen LogP contribution in [-0.2, 0) is 14.3 Å². The van der Waals surface area contributed by atoms with Gasteiger partial charge in [0.25, 0.3) is 0 Å². The van der Waals surface area contributed by atoms with Crippen LogP contribution in [-0.4, -0.2) is 25.5 Å². The molecule has 126 valence electrons. The van der Waals surface area contributed by atoms with Crippen LogP contribution in [0.2, 0.25) is 5.02 Å². The first-order valence-electron chi connectivity index (χ1n) is 7.44. The van der Waals surface area contributed by atoms with Gasteiger partial charge in [-0.3, -0.25) is 9.59 Å². The topological polar surface area (TPSA) is 67.4 Å². The summed E-state index contributed by atoms with van der Waals surface area (Å²) in [5, 5.41) is 5.66. The number of rotatable bonds is 5. The predicted octanol–water partition coefficient (Wildman–Crippen LogP) is 3.09. The molecule has 2 aromatic carbocycles. The summed E-state index contributed by atoms with van der Waals surface area (Å²) < 4.78 is 5.35. The minimum Gasteiger partial charge on any atom is -0.375 e. The normalized spacial score (nSPS) is 11.6. The molecule has 0 spiro atoms. The van der Waals surface area contributed by atoms with E-state index in [4.69, 9.17) is 16.3 Å². The maximum Gasteiger partial charge on any atom is 0.313 e. The number of amides is 2. The number of ether oxygens (including phenoxy) is 1. The van der Waals surface area contributed by atoms with Crippen molar-refractivity contribution < 1.29 is 14.3 Å². The molecule has 0 saturated heterocycles. The van der Waals surface area contributed by atoms with Crippen LogP contribution in [0.25, 0.3) is 0 Å². The number of benzene rings is 2. The van der Waals surface area contributed by atoms with E-state index < -0.39 is 17.9 Å². The lowest BCUT2D eigenvalue weighted by atomic mass is 10.1. The first kappa shape index (κ1) is 18.0. The van der Waals surface area contributed by atoms with Gasteiger partial charge in [0.1, 0.15) is 6.10 Å². The highest BCUT2D eigenvalue weighted by molar-refractivity contribution is 6.39. The van der Waals surface area contributed by atoms with Crippen molar-refractivity contribution in [3.8, 4) is 0 Å². The molecule has 0 unspecified atom stereocenters. The summed E-state index contributed by atoms with van der Waals surface area (Å²) in [6.07, 6.45) is -0.436. The van der Waals surface area contributed by atoms with Gasteiger partial charge in [0.2, 0.25) is 0 Å². The molecule has 2 rings (SSSR count). The Morgan fingerprint density at radius 3 is 2.54 bits per heavy atom. The molecule has 0 aromatic heterocycles. The van der Waals surface area contributed by atoms with Crippen LogP contribution >= 0.6 is 11.6 Å². The fraction of sp³-hybridized carbons (Fsp3) is 0.222. The number of halogens is 1. The highest BCUT2D eigenvalue weighted by Crippen LogP contribution is 2.24. The van der Waals surface area contributed by atoms with Gasteiger partial charge in [-0.1, -0.05) is 41.9 Å². The van der Waals surface area contributed by atoms with Crippen molar-refractivity contribution in [3.63, 3.8) is 0 Å². The van der Waals surface area contributed by atoms with E-state index in [9.17, 15) is 9.59 Å². The van der Waals surface area contributed by atoms with E-state index in [-0.39, 0.29) is 6.54 Å². The smallest absolute Gasteiger partial charge is 0.313 e. The van der Waals surface area contributed by atoms with Crippen LogP contribution in [0.1, 0.15) is 17.2 Å². The largest absolute Gasteiger partial charge is 0.375 e. The Balaban J connectivity index is 1.94. The third-order valence-corrected chi connectivity index (χ3v) is 3.81. The average Bonchev–Trinajstić information content (AvgIpc) is 2.56. The summed E-state index contributed by atoms with van der Waals surface area (Å²) in [6.45, 7) is 2.04. The zero-order valence-electron chi connectivity index (χ0n) is 13.5. The molecule has 0 aliphatic rings. The Kier molecular flexibility index (Phi) is 6.35. The highest BCUT2D eigenvalue weighted by Gasteiger charge is 2.18. The molecule has 0 saturated carbocycles. The molecular weight excluding hydrogens is 328 g/mol. The Morgan fingerprint density at radius 2 is 1.88 bits per heavy atom. The maximum absolute atomic E-state index is 12.0. The van der Waals surface area contributed by atoms with Crippen molar-refractivity contribution in [2.45, 2.75) is 13.0 Å². The van der Waals surface area contributed by atoms with E-state index in [2.05, 4.69) is 10.6 Å². The van der Waals surface area contributed by atoms with Gasteiger partial charge in [0.15, 0.2) is 0 Å². The maximum atomic E-state index is 12.0. The standard InChI is InChI=1S/C18H19ClN2O3/c1-12-6-5-7-13(10-12)21-18(23)17(22)20-11-16(24-2)14-8-3-4-9-15(14)19/h3-10,16H,11H2,1-2H3,(H,20,22)(H,21,23)/t16-/m1/s1. The number of methoxy groups -OCH3 is 1. The minimum absolute atomic E-state index is 0.139. The van der Waals surface area contributed by atoms with Crippen LogP contribution in [0, 0.1) is 6.92 Å². The van der Waals surface area contributed by atoms with Gasteiger partial charge in [0.05, 0.1) is 0 Å². The molecule has 2 N–H and O–H groups in total. The van der Waals surface area contributed by atoms with E-state index in [1.807, 2.05) is 31.2 Å². The van der Waals surface area contributed by atoms with Gasteiger partial charge in [0, 0.05) is 29.9 Å². The number of carbonyl (C=O) groups is 2. The SMILES string of the molecule is CO[C@H](CNC(=O)C(=O)Nc1cccc(C)c1)c1ccccc1Cl. The van der Waals surface area contributed by atoms with Gasteiger partial charge >= 0.3 is 11.8 Å². The lowest BCUT2D eigenvalue weighted by molar-refractivity contribution is -0.136. The number of anilines is 1. The molecule has 5 nitrogen and oxygen atoms in total. The van der Waals surface area contributed by atoms with Crippen molar-refractivity contribution in [2.24, 2.45) is 0 Å². The van der Waals surface area contributed by atoms with Gasteiger partial charge < -0.3 is 15.4 Å². The highest BCUT2D eigenvalue weighted by atomic mass is 35.5. The van der Waals surface area contributed by atoms with E-state index in [0.29, 0.717) is 10.7 Å². The number of aryl methyl sites for hydroxylation is 1. The Labute approximate surface area is 146 Å². The van der Waals surface area contributed by atoms with Gasteiger partial charge in [-0.05, 0) is 30.7 Å². The second-order valence-electron chi connectivity index (χ2n) is 5.28. The second kappa shape index (κ2) is 8.47. The molecule has 0 bridgehead atoms. The van der Waals surface area contributed by atoms with E-state index in [1.165, 1.54) is 7.11 Å². The molecule has 0 aliphatic heterocycles. The quantitative estimate of drug-likeness (QED) is 0.817. The monoisotopic (exact) mass is 346 g/mol. The van der Waals surface area contributed by atoms with E-state index >= 15 is 0 Å². The van der Waals surface area contributed by atoms with Crippen molar-refractivity contribution in [2.75, 3.05) is 19.0 Å². The molecule has 2 amide bonds. The zero-order chi connectivity index (χ0) is 17.5. The fourth-order valence-corrected chi connectivity index (χ4v) is 2.49. The van der Waals surface area contributed by atoms with E-state index in [1.54, 1.807) is 24.3 Å². The summed E-state index contributed by atoms with van der Waals surface area (Å²) in [5.41, 5.74) is 2.32. The van der Waals surface area contributed by atoms with Crippen LogP contribution in [0.4, 0.5) is 5.69 Å². The van der Waals surface area contributed by atoms with E-state index in [0.717, 1.165) is 11.1 Å². The molecule has 0 fully saturated rings. The summed E-state index contributed by atoms with van der Waals surface area (Å²) in [5.74, 6) is -1.46.